The largest absolute Gasteiger partial charge is 0.508 e. The van der Waals surface area contributed by atoms with Crippen LogP contribution in [-0.4, -0.2) is 43.6 Å². The molecule has 0 bridgehead atoms. The Kier molecular flexibility index (Phi) is 4.50. The summed E-state index contributed by atoms with van der Waals surface area (Å²) in [6.45, 7) is 0.829. The van der Waals surface area contributed by atoms with E-state index in [0.29, 0.717) is 0 Å². The maximum absolute atomic E-state index is 10.8. The minimum Gasteiger partial charge on any atom is -0.508 e. The molecule has 0 aromatic heterocycles. The topological polar surface area (TPSA) is 77.8 Å². The molecule has 0 saturated heterocycles. The minimum absolute atomic E-state index is 0.115. The Morgan fingerprint density at radius 1 is 1.29 bits per heavy atom. The lowest BCUT2D eigenvalue weighted by molar-refractivity contribution is 0.413. The average Bonchev–Trinajstić information content (AvgIpc) is 2.17. The molecule has 0 radical (unpaired) electrons. The van der Waals surface area contributed by atoms with Gasteiger partial charge in [-0.1, -0.05) is 12.1 Å². The van der Waals surface area contributed by atoms with Gasteiger partial charge in [-0.15, -0.1) is 0 Å². The highest BCUT2D eigenvalue weighted by atomic mass is 32.2. The summed E-state index contributed by atoms with van der Waals surface area (Å²) in [4.78, 5) is 2.01. The van der Waals surface area contributed by atoms with E-state index in [1.54, 1.807) is 12.1 Å². The third-order valence-corrected chi connectivity index (χ3v) is 3.01. The van der Waals surface area contributed by atoms with Crippen molar-refractivity contribution >= 4 is 10.1 Å². The molecule has 1 rings (SSSR count). The molecule has 0 amide bonds. The molecule has 0 spiro atoms. The molecule has 0 aliphatic heterocycles. The number of likely N-dealkylation sites (N-methyl/N-ethyl adjacent to an activating group) is 1. The first-order chi connectivity index (χ1) is 7.78. The van der Waals surface area contributed by atoms with Gasteiger partial charge in [0.1, 0.15) is 11.5 Å². The maximum Gasteiger partial charge on any atom is 0.269 e. The van der Waals surface area contributed by atoms with Crippen LogP contribution in [0.1, 0.15) is 11.1 Å². The van der Waals surface area contributed by atoms with E-state index in [2.05, 4.69) is 0 Å². The highest BCUT2D eigenvalue weighted by Crippen LogP contribution is 2.21. The van der Waals surface area contributed by atoms with Crippen LogP contribution in [0.5, 0.6) is 5.75 Å². The lowest BCUT2D eigenvalue weighted by Gasteiger charge is -2.10. The summed E-state index contributed by atoms with van der Waals surface area (Å²) in [5.74, 6) is -0.675. The lowest BCUT2D eigenvalue weighted by atomic mass is 10.1. The third kappa shape index (κ3) is 5.16. The van der Waals surface area contributed by atoms with Crippen molar-refractivity contribution in [3.05, 3.63) is 29.3 Å². The molecule has 96 valence electrons. The van der Waals surface area contributed by atoms with Crippen LogP contribution >= 0.6 is 0 Å². The number of aromatic hydroxyl groups is 1. The predicted molar refractivity (Wildman–Crippen MR) is 65.6 cm³/mol. The Morgan fingerprint density at radius 3 is 2.47 bits per heavy atom. The van der Waals surface area contributed by atoms with Crippen molar-refractivity contribution in [2.75, 3.05) is 20.6 Å². The SMILES string of the molecule is CN(C)CCc1ccc(O)c(CS(=O)(=O)O)c1. The second-order valence-electron chi connectivity index (χ2n) is 4.24. The van der Waals surface area contributed by atoms with Crippen molar-refractivity contribution in [1.82, 2.24) is 4.90 Å². The molecule has 2 N–H and O–H groups in total. The molecule has 1 aromatic carbocycles. The number of hydrogen-bond donors (Lipinski definition) is 2. The first-order valence-corrected chi connectivity index (χ1v) is 6.79. The zero-order chi connectivity index (χ0) is 13.1. The Hall–Kier alpha value is -1.11. The number of phenols is 1. The number of nitrogens with zero attached hydrogens (tertiary/aromatic N) is 1. The fraction of sp³-hybridized carbons (Fsp3) is 0.455. The molecule has 0 fully saturated rings. The van der Waals surface area contributed by atoms with Crippen LogP contribution in [0.25, 0.3) is 0 Å². The smallest absolute Gasteiger partial charge is 0.269 e. The van der Waals surface area contributed by atoms with E-state index in [0.717, 1.165) is 18.5 Å². The van der Waals surface area contributed by atoms with Crippen LogP contribution < -0.4 is 0 Å². The van der Waals surface area contributed by atoms with Crippen LogP contribution in [0, 0.1) is 0 Å². The van der Waals surface area contributed by atoms with Crippen LogP contribution in [0.3, 0.4) is 0 Å². The predicted octanol–water partition coefficient (Wildman–Crippen LogP) is 0.884. The van der Waals surface area contributed by atoms with Crippen molar-refractivity contribution in [3.63, 3.8) is 0 Å². The van der Waals surface area contributed by atoms with Gasteiger partial charge in [-0.3, -0.25) is 4.55 Å². The summed E-state index contributed by atoms with van der Waals surface area (Å²) in [6.07, 6.45) is 0.756. The molecule has 0 aliphatic rings. The van der Waals surface area contributed by atoms with E-state index in [4.69, 9.17) is 4.55 Å². The van der Waals surface area contributed by atoms with Gasteiger partial charge in [0, 0.05) is 12.1 Å². The quantitative estimate of drug-likeness (QED) is 0.768. The molecule has 1 aromatic rings. The number of benzene rings is 1. The molecule has 0 heterocycles. The fourth-order valence-corrected chi connectivity index (χ4v) is 2.08. The van der Waals surface area contributed by atoms with E-state index >= 15 is 0 Å². The Balaban J connectivity index is 2.87. The molecular weight excluding hydrogens is 242 g/mol. The minimum atomic E-state index is -4.12. The van der Waals surface area contributed by atoms with Crippen molar-refractivity contribution in [2.45, 2.75) is 12.2 Å². The van der Waals surface area contributed by atoms with Gasteiger partial charge in [-0.2, -0.15) is 8.42 Å². The number of rotatable bonds is 5. The number of phenolic OH excluding ortho intramolecular Hbond substituents is 1. The molecule has 0 aliphatic carbocycles. The van der Waals surface area contributed by atoms with E-state index in [9.17, 15) is 13.5 Å². The molecule has 0 saturated carbocycles. The van der Waals surface area contributed by atoms with Gasteiger partial charge in [0.25, 0.3) is 10.1 Å². The van der Waals surface area contributed by atoms with Crippen molar-refractivity contribution in [3.8, 4) is 5.75 Å². The monoisotopic (exact) mass is 259 g/mol. The summed E-state index contributed by atoms with van der Waals surface area (Å²) >= 11 is 0. The molecular formula is C11H17NO4S. The fourth-order valence-electron chi connectivity index (χ4n) is 1.46. The van der Waals surface area contributed by atoms with E-state index in [1.807, 2.05) is 19.0 Å². The Labute approximate surface area is 101 Å². The van der Waals surface area contributed by atoms with Gasteiger partial charge in [0.05, 0.1) is 0 Å². The van der Waals surface area contributed by atoms with Gasteiger partial charge >= 0.3 is 0 Å². The summed E-state index contributed by atoms with van der Waals surface area (Å²) in [7, 11) is -0.230. The molecule has 0 atom stereocenters. The number of hydrogen-bond acceptors (Lipinski definition) is 4. The Bertz CT molecular complexity index is 482. The lowest BCUT2D eigenvalue weighted by Crippen LogP contribution is -2.15. The normalized spacial score (nSPS) is 12.0. The zero-order valence-electron chi connectivity index (χ0n) is 9.92. The first kappa shape index (κ1) is 14.0. The molecule has 17 heavy (non-hydrogen) atoms. The van der Waals surface area contributed by atoms with Gasteiger partial charge in [0.15, 0.2) is 0 Å². The highest BCUT2D eigenvalue weighted by Gasteiger charge is 2.11. The van der Waals surface area contributed by atoms with Gasteiger partial charge < -0.3 is 10.0 Å². The third-order valence-electron chi connectivity index (χ3n) is 2.33. The Morgan fingerprint density at radius 2 is 1.94 bits per heavy atom. The zero-order valence-corrected chi connectivity index (χ0v) is 10.7. The van der Waals surface area contributed by atoms with Crippen molar-refractivity contribution < 1.29 is 18.1 Å². The standard InChI is InChI=1S/C11H17NO4S/c1-12(2)6-5-9-3-4-11(13)10(7-9)8-17(14,15)16/h3-4,7,13H,5-6,8H2,1-2H3,(H,14,15,16). The highest BCUT2D eigenvalue weighted by molar-refractivity contribution is 7.85. The van der Waals surface area contributed by atoms with Crippen LogP contribution in [0.4, 0.5) is 0 Å². The first-order valence-electron chi connectivity index (χ1n) is 5.18. The maximum atomic E-state index is 10.8. The summed E-state index contributed by atoms with van der Waals surface area (Å²) < 4.78 is 30.3. The second kappa shape index (κ2) is 5.48. The van der Waals surface area contributed by atoms with Crippen molar-refractivity contribution in [1.29, 1.82) is 0 Å². The summed E-state index contributed by atoms with van der Waals surface area (Å²) in [6, 6.07) is 4.80. The molecule has 0 unspecified atom stereocenters. The van der Waals surface area contributed by atoms with E-state index < -0.39 is 15.9 Å². The van der Waals surface area contributed by atoms with Crippen LogP contribution in [0.2, 0.25) is 0 Å². The van der Waals surface area contributed by atoms with Crippen molar-refractivity contribution in [2.24, 2.45) is 0 Å². The van der Waals surface area contributed by atoms with E-state index in [1.165, 1.54) is 6.07 Å². The second-order valence-corrected chi connectivity index (χ2v) is 5.70. The van der Waals surface area contributed by atoms with Gasteiger partial charge in [-0.25, -0.2) is 0 Å². The van der Waals surface area contributed by atoms with Gasteiger partial charge in [-0.05, 0) is 32.1 Å². The summed E-state index contributed by atoms with van der Waals surface area (Å²) in [5.41, 5.74) is 1.15. The molecule has 6 heteroatoms. The van der Waals surface area contributed by atoms with E-state index in [-0.39, 0.29) is 11.3 Å². The molecule has 5 nitrogen and oxygen atoms in total. The van der Waals surface area contributed by atoms with Gasteiger partial charge in [0.2, 0.25) is 0 Å². The average molecular weight is 259 g/mol. The van der Waals surface area contributed by atoms with Crippen LogP contribution in [-0.2, 0) is 22.3 Å². The summed E-state index contributed by atoms with van der Waals surface area (Å²) in [5, 5.41) is 9.49. The van der Waals surface area contributed by atoms with Crippen LogP contribution in [0.15, 0.2) is 18.2 Å².